The van der Waals surface area contributed by atoms with Crippen molar-refractivity contribution in [2.24, 2.45) is 0 Å². The van der Waals surface area contributed by atoms with Crippen LogP contribution in [0.3, 0.4) is 0 Å². The maximum absolute atomic E-state index is 12.5. The summed E-state index contributed by atoms with van der Waals surface area (Å²) in [4.78, 5) is 24.5. The molecule has 3 N–H and O–H groups in total. The summed E-state index contributed by atoms with van der Waals surface area (Å²) in [5, 5.41) is 23.4. The predicted octanol–water partition coefficient (Wildman–Crippen LogP) is 18.8. The zero-order valence-electron chi connectivity index (χ0n) is 45.6. The lowest BCUT2D eigenvalue weighted by Crippen LogP contribution is -2.45. The molecule has 0 saturated carbocycles. The second-order valence-corrected chi connectivity index (χ2v) is 20.7. The summed E-state index contributed by atoms with van der Waals surface area (Å²) in [6.07, 6.45) is 71.5. The Balaban J connectivity index is 3.49. The minimum atomic E-state index is -0.683. The lowest BCUT2D eigenvalue weighted by atomic mass is 10.0. The van der Waals surface area contributed by atoms with Crippen molar-refractivity contribution in [3.63, 3.8) is 0 Å². The van der Waals surface area contributed by atoms with Crippen LogP contribution in [0.25, 0.3) is 0 Å². The van der Waals surface area contributed by atoms with Crippen LogP contribution in [0.5, 0.6) is 0 Å². The number of unbranched alkanes of at least 4 members (excludes halogenated alkanes) is 39. The number of nitrogens with one attached hydrogen (secondary N) is 1. The molecule has 0 aromatic carbocycles. The van der Waals surface area contributed by atoms with Gasteiger partial charge in [0, 0.05) is 12.8 Å². The molecule has 0 fully saturated rings. The van der Waals surface area contributed by atoms with Crippen LogP contribution in [-0.4, -0.2) is 47.4 Å². The van der Waals surface area contributed by atoms with E-state index in [1.54, 1.807) is 0 Å². The number of carbonyl (C=O) groups is 2. The van der Waals surface area contributed by atoms with Gasteiger partial charge in [0.2, 0.25) is 5.91 Å². The van der Waals surface area contributed by atoms with E-state index in [0.29, 0.717) is 25.9 Å². The second-order valence-electron chi connectivity index (χ2n) is 20.7. The summed E-state index contributed by atoms with van der Waals surface area (Å²) in [5.41, 5.74) is 0. The van der Waals surface area contributed by atoms with Gasteiger partial charge in [-0.3, -0.25) is 9.59 Å². The Morgan fingerprint density at radius 3 is 1.18 bits per heavy atom. The van der Waals surface area contributed by atoms with Crippen LogP contribution in [0.15, 0.2) is 36.5 Å². The van der Waals surface area contributed by atoms with Crippen molar-refractivity contribution in [2.45, 2.75) is 334 Å². The van der Waals surface area contributed by atoms with Gasteiger partial charge in [-0.25, -0.2) is 0 Å². The van der Waals surface area contributed by atoms with Gasteiger partial charge in [0.1, 0.15) is 0 Å². The predicted molar refractivity (Wildman–Crippen MR) is 296 cm³/mol. The Bertz CT molecular complexity index is 1100. The third-order valence-electron chi connectivity index (χ3n) is 13.9. The van der Waals surface area contributed by atoms with E-state index in [-0.39, 0.29) is 18.5 Å². The third kappa shape index (κ3) is 53.4. The maximum atomic E-state index is 12.5. The van der Waals surface area contributed by atoms with Gasteiger partial charge in [0.15, 0.2) is 0 Å². The van der Waals surface area contributed by atoms with Gasteiger partial charge in [-0.2, -0.15) is 0 Å². The molecule has 6 nitrogen and oxygen atoms in total. The van der Waals surface area contributed by atoms with E-state index in [2.05, 4.69) is 55.6 Å². The first kappa shape index (κ1) is 66.1. The molecule has 6 heteroatoms. The molecule has 2 unspecified atom stereocenters. The van der Waals surface area contributed by atoms with Crippen LogP contribution in [0, 0.1) is 0 Å². The van der Waals surface area contributed by atoms with E-state index in [9.17, 15) is 19.8 Å². The lowest BCUT2D eigenvalue weighted by molar-refractivity contribution is -0.143. The molecule has 2 atom stereocenters. The van der Waals surface area contributed by atoms with E-state index in [1.807, 2.05) is 0 Å². The minimum absolute atomic E-state index is 0.0367. The molecule has 0 radical (unpaired) electrons. The van der Waals surface area contributed by atoms with Crippen LogP contribution in [-0.2, 0) is 14.3 Å². The van der Waals surface area contributed by atoms with Crippen LogP contribution in [0.1, 0.15) is 322 Å². The van der Waals surface area contributed by atoms with Gasteiger partial charge < -0.3 is 20.3 Å². The summed E-state index contributed by atoms with van der Waals surface area (Å²) in [6.45, 7) is 4.86. The molecule has 0 spiro atoms. The molecule has 0 saturated heterocycles. The van der Waals surface area contributed by atoms with Crippen molar-refractivity contribution < 1.29 is 24.5 Å². The van der Waals surface area contributed by atoms with E-state index in [1.165, 1.54) is 199 Å². The van der Waals surface area contributed by atoms with Crippen LogP contribution >= 0.6 is 0 Å². The highest BCUT2D eigenvalue weighted by Gasteiger charge is 2.20. The Hall–Kier alpha value is -1.92. The molecule has 0 aromatic heterocycles. The first-order valence-corrected chi connectivity index (χ1v) is 30.2. The monoisotopic (exact) mass is 956 g/mol. The smallest absolute Gasteiger partial charge is 0.305 e. The lowest BCUT2D eigenvalue weighted by Gasteiger charge is -2.22. The molecule has 1 amide bonds. The van der Waals surface area contributed by atoms with Crippen LogP contribution < -0.4 is 5.32 Å². The number of carbonyl (C=O) groups excluding carboxylic acids is 2. The van der Waals surface area contributed by atoms with Gasteiger partial charge in [-0.05, 0) is 83.5 Å². The molecule has 400 valence electrons. The minimum Gasteiger partial charge on any atom is -0.466 e. The van der Waals surface area contributed by atoms with Gasteiger partial charge >= 0.3 is 5.97 Å². The van der Waals surface area contributed by atoms with E-state index < -0.39 is 12.1 Å². The molecule has 0 heterocycles. The average Bonchev–Trinajstić information content (AvgIpc) is 3.34. The Labute approximate surface area is 424 Å². The fraction of sp³-hybridized carbons (Fsp3) is 0.871. The average molecular weight is 957 g/mol. The first-order valence-electron chi connectivity index (χ1n) is 30.2. The molecule has 0 aliphatic carbocycles. The number of allylic oxidation sites excluding steroid dienone is 6. The fourth-order valence-electron chi connectivity index (χ4n) is 9.24. The van der Waals surface area contributed by atoms with Crippen molar-refractivity contribution in [1.29, 1.82) is 0 Å². The highest BCUT2D eigenvalue weighted by molar-refractivity contribution is 5.76. The van der Waals surface area contributed by atoms with Crippen LogP contribution in [0.2, 0.25) is 0 Å². The number of rotatable bonds is 56. The molecule has 0 aliphatic heterocycles. The fourth-order valence-corrected chi connectivity index (χ4v) is 9.24. The first-order chi connectivity index (χ1) is 33.5. The normalized spacial score (nSPS) is 12.8. The number of hydrogen-bond acceptors (Lipinski definition) is 5. The molecular weight excluding hydrogens is 839 g/mol. The maximum Gasteiger partial charge on any atom is 0.305 e. The molecule has 0 bridgehead atoms. The highest BCUT2D eigenvalue weighted by Crippen LogP contribution is 2.17. The van der Waals surface area contributed by atoms with E-state index in [0.717, 1.165) is 89.9 Å². The quantitative estimate of drug-likeness (QED) is 0.0321. The van der Waals surface area contributed by atoms with Crippen molar-refractivity contribution in [3.05, 3.63) is 36.5 Å². The van der Waals surface area contributed by atoms with Crippen molar-refractivity contribution >= 4 is 11.9 Å². The van der Waals surface area contributed by atoms with Crippen molar-refractivity contribution in [2.75, 3.05) is 13.2 Å². The van der Waals surface area contributed by atoms with Crippen molar-refractivity contribution in [3.8, 4) is 0 Å². The molecule has 68 heavy (non-hydrogen) atoms. The molecular formula is C62H117NO5. The summed E-state index contributed by atoms with van der Waals surface area (Å²) >= 11 is 0. The largest absolute Gasteiger partial charge is 0.466 e. The Kier molecular flexibility index (Phi) is 56.0. The second kappa shape index (κ2) is 57.7. The highest BCUT2D eigenvalue weighted by atomic mass is 16.5. The summed E-state index contributed by atoms with van der Waals surface area (Å²) in [5.74, 6) is -0.0958. The van der Waals surface area contributed by atoms with Gasteiger partial charge in [-0.15, -0.1) is 0 Å². The third-order valence-corrected chi connectivity index (χ3v) is 13.9. The number of ether oxygens (including phenoxy) is 1. The summed E-state index contributed by atoms with van der Waals surface area (Å²) in [7, 11) is 0. The van der Waals surface area contributed by atoms with Crippen LogP contribution in [0.4, 0.5) is 0 Å². The Morgan fingerprint density at radius 2 is 0.750 bits per heavy atom. The zero-order chi connectivity index (χ0) is 49.3. The topological polar surface area (TPSA) is 95.9 Å². The number of amides is 1. The summed E-state index contributed by atoms with van der Waals surface area (Å²) in [6, 6.07) is -0.563. The number of hydrogen-bond donors (Lipinski definition) is 3. The molecule has 0 aliphatic rings. The van der Waals surface area contributed by atoms with E-state index in [4.69, 9.17) is 4.74 Å². The van der Waals surface area contributed by atoms with Gasteiger partial charge in [-0.1, -0.05) is 262 Å². The summed E-state index contributed by atoms with van der Waals surface area (Å²) < 4.78 is 5.44. The van der Waals surface area contributed by atoms with E-state index >= 15 is 0 Å². The standard InChI is InChI=1S/C62H117NO5/c1-3-5-7-9-11-13-15-17-19-20-21-22-23-24-25-26-27-28-29-30-34-38-42-46-50-54-60(65)59(58-64)63-61(66)55-51-47-43-39-35-32-33-37-41-45-49-53-57-68-62(67)56-52-48-44-40-36-31-18-16-14-12-10-8-6-4-2/h10,12,16,18,33,37,59-60,64-65H,3-9,11,13-15,17,19-32,34-36,38-58H2,1-2H3,(H,63,66)/b12-10-,18-16-,37-33-. The SMILES string of the molecule is CCCC/C=C\C/C=C\CCCCCCCC(=O)OCCCCC/C=C\CCCCCCCC(=O)NC(CO)C(O)CCCCCCCCCCCCCCCCCCCCCCCCCCC. The number of aliphatic hydroxyl groups is 2. The zero-order valence-corrected chi connectivity index (χ0v) is 45.6. The number of aliphatic hydroxyl groups excluding tert-OH is 2. The van der Waals surface area contributed by atoms with Crippen molar-refractivity contribution in [1.82, 2.24) is 5.32 Å². The van der Waals surface area contributed by atoms with Gasteiger partial charge in [0.25, 0.3) is 0 Å². The Morgan fingerprint density at radius 1 is 0.412 bits per heavy atom. The van der Waals surface area contributed by atoms with Gasteiger partial charge in [0.05, 0.1) is 25.4 Å². The number of esters is 1. The molecule has 0 aromatic rings. The molecule has 0 rings (SSSR count).